The first-order valence-corrected chi connectivity index (χ1v) is 5.89. The molecule has 0 saturated heterocycles. The Morgan fingerprint density at radius 2 is 2.05 bits per heavy atom. The monoisotopic (exact) mass is 301 g/mol. The molecule has 1 heterocycles. The standard InChI is InChI=1S/C11H5F2NO5S/c12-5-1-7(13)10(14(17)18)8(2-5)19-6-3-9(11(15)16)20-4-6/h1-4H,(H,15,16). The van der Waals surface area contributed by atoms with Gasteiger partial charge in [-0.3, -0.25) is 10.1 Å². The summed E-state index contributed by atoms with van der Waals surface area (Å²) in [5, 5.41) is 20.7. The number of nitrogens with zero attached hydrogens (tertiary/aromatic N) is 1. The van der Waals surface area contributed by atoms with Crippen LogP contribution in [0.4, 0.5) is 14.5 Å². The molecule has 2 rings (SSSR count). The molecule has 0 atom stereocenters. The molecule has 0 amide bonds. The van der Waals surface area contributed by atoms with Gasteiger partial charge in [-0.15, -0.1) is 11.3 Å². The zero-order valence-electron chi connectivity index (χ0n) is 9.50. The molecule has 0 saturated carbocycles. The third-order valence-corrected chi connectivity index (χ3v) is 3.09. The molecule has 0 fully saturated rings. The second-order valence-electron chi connectivity index (χ2n) is 3.55. The molecule has 0 aliphatic heterocycles. The van der Waals surface area contributed by atoms with Gasteiger partial charge in [0.2, 0.25) is 11.6 Å². The maximum Gasteiger partial charge on any atom is 0.347 e. The predicted octanol–water partition coefficient (Wildman–Crippen LogP) is 3.43. The Labute approximate surface area is 114 Å². The number of thiophene rings is 1. The molecule has 1 aromatic carbocycles. The van der Waals surface area contributed by atoms with Crippen molar-refractivity contribution in [2.24, 2.45) is 0 Å². The minimum Gasteiger partial charge on any atom is -0.477 e. The predicted molar refractivity (Wildman–Crippen MR) is 64.4 cm³/mol. The fraction of sp³-hybridized carbons (Fsp3) is 0. The van der Waals surface area contributed by atoms with Crippen molar-refractivity contribution in [3.63, 3.8) is 0 Å². The van der Waals surface area contributed by atoms with Crippen LogP contribution in [0, 0.1) is 21.7 Å². The van der Waals surface area contributed by atoms with Gasteiger partial charge in [0.1, 0.15) is 16.4 Å². The summed E-state index contributed by atoms with van der Waals surface area (Å²) >= 11 is 0.818. The number of rotatable bonds is 4. The highest BCUT2D eigenvalue weighted by Gasteiger charge is 2.24. The van der Waals surface area contributed by atoms with Gasteiger partial charge in [0.25, 0.3) is 0 Å². The van der Waals surface area contributed by atoms with E-state index in [0.29, 0.717) is 12.1 Å². The van der Waals surface area contributed by atoms with Crippen LogP contribution in [0.25, 0.3) is 0 Å². The van der Waals surface area contributed by atoms with Gasteiger partial charge in [-0.25, -0.2) is 9.18 Å². The Kier molecular flexibility index (Phi) is 3.61. The minimum absolute atomic E-state index is 0.0551. The first-order valence-electron chi connectivity index (χ1n) is 5.01. The SMILES string of the molecule is O=C(O)c1cc(Oc2cc(F)cc(F)c2[N+](=O)[O-])cs1. The Morgan fingerprint density at radius 3 is 2.60 bits per heavy atom. The van der Waals surface area contributed by atoms with E-state index in [2.05, 4.69) is 0 Å². The zero-order valence-corrected chi connectivity index (χ0v) is 10.3. The number of hydrogen-bond acceptors (Lipinski definition) is 5. The largest absolute Gasteiger partial charge is 0.477 e. The van der Waals surface area contributed by atoms with Crippen molar-refractivity contribution in [1.29, 1.82) is 0 Å². The third kappa shape index (κ3) is 2.72. The van der Waals surface area contributed by atoms with Gasteiger partial charge in [0.05, 0.1) is 4.92 Å². The maximum absolute atomic E-state index is 13.3. The van der Waals surface area contributed by atoms with Gasteiger partial charge in [-0.2, -0.15) is 4.39 Å². The number of nitro groups is 1. The summed E-state index contributed by atoms with van der Waals surface area (Å²) in [6, 6.07) is 2.11. The molecule has 104 valence electrons. The van der Waals surface area contributed by atoms with E-state index in [9.17, 15) is 23.7 Å². The summed E-state index contributed by atoms with van der Waals surface area (Å²) in [5.74, 6) is -4.32. The molecular formula is C11H5F2NO5S. The Bertz CT molecular complexity index is 700. The number of carboxylic acid groups (broad SMARTS) is 1. The number of hydrogen-bond donors (Lipinski definition) is 1. The van der Waals surface area contributed by atoms with Gasteiger partial charge in [-0.05, 0) is 0 Å². The quantitative estimate of drug-likeness (QED) is 0.690. The fourth-order valence-corrected chi connectivity index (χ4v) is 2.05. The Balaban J connectivity index is 2.41. The topological polar surface area (TPSA) is 89.7 Å². The van der Waals surface area contributed by atoms with Crippen molar-refractivity contribution in [2.75, 3.05) is 0 Å². The molecule has 0 unspecified atom stereocenters. The van der Waals surface area contributed by atoms with E-state index in [-0.39, 0.29) is 10.6 Å². The smallest absolute Gasteiger partial charge is 0.347 e. The van der Waals surface area contributed by atoms with Gasteiger partial charge >= 0.3 is 11.7 Å². The first kappa shape index (κ1) is 13.9. The molecule has 0 aliphatic rings. The molecule has 9 heteroatoms. The summed E-state index contributed by atoms with van der Waals surface area (Å²) in [4.78, 5) is 20.3. The summed E-state index contributed by atoms with van der Waals surface area (Å²) in [6.07, 6.45) is 0. The van der Waals surface area contributed by atoms with Crippen molar-refractivity contribution < 1.29 is 28.3 Å². The summed E-state index contributed by atoms with van der Waals surface area (Å²) in [5.41, 5.74) is -1.02. The lowest BCUT2D eigenvalue weighted by atomic mass is 10.2. The number of carbonyl (C=O) groups is 1. The van der Waals surface area contributed by atoms with E-state index in [0.717, 1.165) is 17.4 Å². The second-order valence-corrected chi connectivity index (χ2v) is 4.46. The van der Waals surface area contributed by atoms with Crippen LogP contribution in [-0.2, 0) is 0 Å². The van der Waals surface area contributed by atoms with Gasteiger partial charge in [-0.1, -0.05) is 0 Å². The van der Waals surface area contributed by atoms with E-state index in [1.54, 1.807) is 0 Å². The van der Waals surface area contributed by atoms with Gasteiger partial charge in [0, 0.05) is 23.6 Å². The fourth-order valence-electron chi connectivity index (χ4n) is 1.41. The third-order valence-electron chi connectivity index (χ3n) is 2.19. The lowest BCUT2D eigenvalue weighted by Gasteiger charge is -2.05. The summed E-state index contributed by atoms with van der Waals surface area (Å²) < 4.78 is 31.4. The minimum atomic E-state index is -1.38. The van der Waals surface area contributed by atoms with E-state index in [4.69, 9.17) is 9.84 Å². The molecule has 2 aromatic rings. The first-order chi connectivity index (χ1) is 9.38. The van der Waals surface area contributed by atoms with Crippen LogP contribution in [0.5, 0.6) is 11.5 Å². The van der Waals surface area contributed by atoms with Crippen LogP contribution in [0.15, 0.2) is 23.6 Å². The maximum atomic E-state index is 13.3. The number of ether oxygens (including phenoxy) is 1. The van der Waals surface area contributed by atoms with Crippen LogP contribution in [0.3, 0.4) is 0 Å². The van der Waals surface area contributed by atoms with Crippen molar-refractivity contribution in [1.82, 2.24) is 0 Å². The highest BCUT2D eigenvalue weighted by molar-refractivity contribution is 7.12. The lowest BCUT2D eigenvalue weighted by Crippen LogP contribution is -1.98. The van der Waals surface area contributed by atoms with E-state index in [1.165, 1.54) is 5.38 Å². The highest BCUT2D eigenvalue weighted by atomic mass is 32.1. The Morgan fingerprint density at radius 1 is 1.35 bits per heavy atom. The number of carboxylic acids is 1. The average Bonchev–Trinajstić information content (AvgIpc) is 2.75. The molecule has 0 bridgehead atoms. The van der Waals surface area contributed by atoms with Crippen molar-refractivity contribution in [3.8, 4) is 11.5 Å². The van der Waals surface area contributed by atoms with E-state index < -0.39 is 34.0 Å². The summed E-state index contributed by atoms with van der Waals surface area (Å²) in [7, 11) is 0. The van der Waals surface area contributed by atoms with Crippen LogP contribution in [0.2, 0.25) is 0 Å². The van der Waals surface area contributed by atoms with Crippen molar-refractivity contribution in [3.05, 3.63) is 50.2 Å². The van der Waals surface area contributed by atoms with E-state index in [1.807, 2.05) is 0 Å². The van der Waals surface area contributed by atoms with Gasteiger partial charge in [0.15, 0.2) is 0 Å². The van der Waals surface area contributed by atoms with Crippen LogP contribution in [0.1, 0.15) is 9.67 Å². The lowest BCUT2D eigenvalue weighted by molar-refractivity contribution is -0.388. The normalized spacial score (nSPS) is 10.3. The number of benzene rings is 1. The number of aromatic carboxylic acids is 1. The molecular weight excluding hydrogens is 296 g/mol. The molecule has 1 N–H and O–H groups in total. The van der Waals surface area contributed by atoms with Crippen LogP contribution in [-0.4, -0.2) is 16.0 Å². The van der Waals surface area contributed by atoms with E-state index >= 15 is 0 Å². The molecule has 0 spiro atoms. The summed E-state index contributed by atoms with van der Waals surface area (Å²) in [6.45, 7) is 0. The van der Waals surface area contributed by atoms with Crippen LogP contribution >= 0.6 is 11.3 Å². The average molecular weight is 301 g/mol. The highest BCUT2D eigenvalue weighted by Crippen LogP contribution is 2.35. The molecule has 0 radical (unpaired) electrons. The zero-order chi connectivity index (χ0) is 14.9. The van der Waals surface area contributed by atoms with Crippen molar-refractivity contribution >= 4 is 23.0 Å². The molecule has 6 nitrogen and oxygen atoms in total. The van der Waals surface area contributed by atoms with Gasteiger partial charge < -0.3 is 9.84 Å². The second kappa shape index (κ2) is 5.21. The number of nitro benzene ring substituents is 1. The molecule has 1 aromatic heterocycles. The van der Waals surface area contributed by atoms with Crippen molar-refractivity contribution in [2.45, 2.75) is 0 Å². The molecule has 20 heavy (non-hydrogen) atoms. The van der Waals surface area contributed by atoms with Crippen LogP contribution < -0.4 is 4.74 Å². The number of halogens is 2. The Hall–Kier alpha value is -2.55. The molecule has 0 aliphatic carbocycles.